The van der Waals surface area contributed by atoms with E-state index in [0.717, 1.165) is 5.92 Å². The van der Waals surface area contributed by atoms with Gasteiger partial charge in [-0.05, 0) is 24.2 Å². The zero-order chi connectivity index (χ0) is 9.85. The smallest absolute Gasteiger partial charge is 0.0748 e. The molecule has 0 spiro atoms. The minimum atomic E-state index is 0.346. The molecule has 2 fully saturated rings. The SMILES string of the molecule is CO[C@@H]1[C@H](S)[C@H]2CC[C@]1(C)C2(C)C. The van der Waals surface area contributed by atoms with Gasteiger partial charge in [0.05, 0.1) is 6.10 Å². The highest BCUT2D eigenvalue weighted by molar-refractivity contribution is 7.81. The van der Waals surface area contributed by atoms with Gasteiger partial charge in [-0.1, -0.05) is 20.8 Å². The lowest BCUT2D eigenvalue weighted by atomic mass is 9.70. The molecular formula is C11H20OS. The average molecular weight is 200 g/mol. The van der Waals surface area contributed by atoms with Gasteiger partial charge in [-0.3, -0.25) is 0 Å². The Balaban J connectivity index is 2.40. The number of fused-ring (bicyclic) bond motifs is 2. The van der Waals surface area contributed by atoms with Crippen LogP contribution in [0.15, 0.2) is 0 Å². The molecular weight excluding hydrogens is 180 g/mol. The number of hydrogen-bond acceptors (Lipinski definition) is 2. The molecule has 0 saturated heterocycles. The van der Waals surface area contributed by atoms with Crippen molar-refractivity contribution in [2.75, 3.05) is 7.11 Å². The first kappa shape index (κ1) is 9.85. The summed E-state index contributed by atoms with van der Waals surface area (Å²) >= 11 is 4.72. The summed E-state index contributed by atoms with van der Waals surface area (Å²) in [5.41, 5.74) is 0.749. The Morgan fingerprint density at radius 2 is 1.92 bits per heavy atom. The molecule has 0 unspecified atom stereocenters. The molecule has 13 heavy (non-hydrogen) atoms. The summed E-state index contributed by atoms with van der Waals surface area (Å²) in [5.74, 6) is 0.741. The molecule has 2 bridgehead atoms. The molecule has 2 rings (SSSR count). The number of rotatable bonds is 1. The molecule has 0 heterocycles. The molecule has 76 valence electrons. The van der Waals surface area contributed by atoms with Crippen molar-refractivity contribution >= 4 is 12.6 Å². The molecule has 2 aliphatic carbocycles. The summed E-state index contributed by atoms with van der Waals surface area (Å²) in [6.07, 6.45) is 2.99. The lowest BCUT2D eigenvalue weighted by Gasteiger charge is -2.38. The van der Waals surface area contributed by atoms with Crippen LogP contribution in [0.1, 0.15) is 33.6 Å². The van der Waals surface area contributed by atoms with Gasteiger partial charge >= 0.3 is 0 Å². The van der Waals surface area contributed by atoms with E-state index in [1.807, 2.05) is 7.11 Å². The highest BCUT2D eigenvalue weighted by atomic mass is 32.1. The van der Waals surface area contributed by atoms with E-state index in [9.17, 15) is 0 Å². The molecule has 1 nitrogen and oxygen atoms in total. The highest BCUT2D eigenvalue weighted by Gasteiger charge is 2.65. The molecule has 2 aliphatic rings. The van der Waals surface area contributed by atoms with E-state index >= 15 is 0 Å². The van der Waals surface area contributed by atoms with Crippen molar-refractivity contribution in [3.63, 3.8) is 0 Å². The molecule has 0 aromatic carbocycles. The summed E-state index contributed by atoms with van der Waals surface area (Å²) < 4.78 is 5.62. The van der Waals surface area contributed by atoms with Gasteiger partial charge in [0, 0.05) is 17.8 Å². The van der Waals surface area contributed by atoms with E-state index in [-0.39, 0.29) is 0 Å². The second kappa shape index (κ2) is 2.66. The summed E-state index contributed by atoms with van der Waals surface area (Å²) in [4.78, 5) is 0. The number of methoxy groups -OCH3 is 1. The van der Waals surface area contributed by atoms with Crippen LogP contribution in [0.2, 0.25) is 0 Å². The van der Waals surface area contributed by atoms with Crippen molar-refractivity contribution in [3.05, 3.63) is 0 Å². The van der Waals surface area contributed by atoms with E-state index in [1.54, 1.807) is 0 Å². The monoisotopic (exact) mass is 200 g/mol. The predicted octanol–water partition coefficient (Wildman–Crippen LogP) is 2.76. The zero-order valence-corrected chi connectivity index (χ0v) is 9.90. The maximum atomic E-state index is 5.62. The van der Waals surface area contributed by atoms with Crippen LogP contribution in [0.25, 0.3) is 0 Å². The van der Waals surface area contributed by atoms with Gasteiger partial charge in [-0.15, -0.1) is 0 Å². The average Bonchev–Trinajstić information content (AvgIpc) is 2.32. The number of hydrogen-bond donors (Lipinski definition) is 1. The van der Waals surface area contributed by atoms with Gasteiger partial charge in [0.1, 0.15) is 0 Å². The molecule has 0 aliphatic heterocycles. The third kappa shape index (κ3) is 0.940. The van der Waals surface area contributed by atoms with E-state index < -0.39 is 0 Å². The lowest BCUT2D eigenvalue weighted by molar-refractivity contribution is -0.0174. The predicted molar refractivity (Wildman–Crippen MR) is 58.2 cm³/mol. The van der Waals surface area contributed by atoms with Gasteiger partial charge in [0.2, 0.25) is 0 Å². The van der Waals surface area contributed by atoms with Gasteiger partial charge in [-0.2, -0.15) is 12.6 Å². The lowest BCUT2D eigenvalue weighted by Crippen LogP contribution is -2.39. The maximum absolute atomic E-state index is 5.62. The normalized spacial score (nSPS) is 52.8. The van der Waals surface area contributed by atoms with Gasteiger partial charge in [-0.25, -0.2) is 0 Å². The standard InChI is InChI=1S/C11H20OS/c1-10(2)7-5-6-11(10,3)9(12-4)8(7)13/h7-9,13H,5-6H2,1-4H3/t7-,8-,9-,11+/m1/s1. The quantitative estimate of drug-likeness (QED) is 0.640. The third-order valence-electron chi connectivity index (χ3n) is 4.98. The van der Waals surface area contributed by atoms with Crippen LogP contribution in [0.4, 0.5) is 0 Å². The first-order valence-electron chi connectivity index (χ1n) is 5.16. The summed E-state index contributed by atoms with van der Waals surface area (Å²) in [7, 11) is 1.83. The largest absolute Gasteiger partial charge is 0.380 e. The zero-order valence-electron chi connectivity index (χ0n) is 9.00. The second-order valence-corrected chi connectivity index (χ2v) is 6.03. The fourth-order valence-corrected chi connectivity index (χ4v) is 4.63. The second-order valence-electron chi connectivity index (χ2n) is 5.43. The summed E-state index contributed by atoms with van der Waals surface area (Å²) in [6.45, 7) is 7.14. The van der Waals surface area contributed by atoms with Crippen LogP contribution in [0, 0.1) is 16.7 Å². The third-order valence-corrected chi connectivity index (χ3v) is 5.61. The van der Waals surface area contributed by atoms with Crippen molar-refractivity contribution in [2.24, 2.45) is 16.7 Å². The first-order chi connectivity index (χ1) is 5.95. The first-order valence-corrected chi connectivity index (χ1v) is 5.67. The molecule has 0 aromatic rings. The molecule has 0 aromatic heterocycles. The van der Waals surface area contributed by atoms with E-state index in [4.69, 9.17) is 17.4 Å². The Hall–Kier alpha value is 0.310. The van der Waals surface area contributed by atoms with Crippen LogP contribution < -0.4 is 0 Å². The van der Waals surface area contributed by atoms with Crippen molar-refractivity contribution in [1.82, 2.24) is 0 Å². The van der Waals surface area contributed by atoms with Crippen LogP contribution in [-0.2, 0) is 4.74 Å². The van der Waals surface area contributed by atoms with Gasteiger partial charge in [0.15, 0.2) is 0 Å². The Kier molecular flexibility index (Phi) is 2.02. The Morgan fingerprint density at radius 3 is 2.23 bits per heavy atom. The Morgan fingerprint density at radius 1 is 1.31 bits per heavy atom. The van der Waals surface area contributed by atoms with Crippen molar-refractivity contribution in [1.29, 1.82) is 0 Å². The number of thiol groups is 1. The Bertz CT molecular complexity index is 226. The Labute approximate surface area is 86.6 Å². The van der Waals surface area contributed by atoms with Crippen molar-refractivity contribution in [2.45, 2.75) is 45.0 Å². The fourth-order valence-electron chi connectivity index (χ4n) is 3.66. The van der Waals surface area contributed by atoms with E-state index in [1.165, 1.54) is 12.8 Å². The minimum Gasteiger partial charge on any atom is -0.380 e. The molecule has 2 heteroatoms. The van der Waals surface area contributed by atoms with Crippen LogP contribution in [-0.4, -0.2) is 18.5 Å². The summed E-state index contributed by atoms with van der Waals surface area (Å²) in [6, 6.07) is 0. The number of ether oxygens (including phenoxy) is 1. The molecule has 0 N–H and O–H groups in total. The van der Waals surface area contributed by atoms with Crippen LogP contribution in [0.3, 0.4) is 0 Å². The van der Waals surface area contributed by atoms with Crippen molar-refractivity contribution in [3.8, 4) is 0 Å². The van der Waals surface area contributed by atoms with E-state index in [0.29, 0.717) is 22.2 Å². The van der Waals surface area contributed by atoms with Crippen LogP contribution in [0.5, 0.6) is 0 Å². The fraction of sp³-hybridized carbons (Fsp3) is 1.00. The molecule has 0 radical (unpaired) electrons. The topological polar surface area (TPSA) is 9.23 Å². The van der Waals surface area contributed by atoms with Crippen molar-refractivity contribution < 1.29 is 4.74 Å². The highest BCUT2D eigenvalue weighted by Crippen LogP contribution is 2.67. The van der Waals surface area contributed by atoms with E-state index in [2.05, 4.69) is 20.8 Å². The van der Waals surface area contributed by atoms with Crippen LogP contribution >= 0.6 is 12.6 Å². The molecule has 4 atom stereocenters. The summed E-state index contributed by atoms with van der Waals surface area (Å²) in [5, 5.41) is 0.443. The molecule has 2 saturated carbocycles. The molecule has 0 amide bonds. The van der Waals surface area contributed by atoms with Gasteiger partial charge in [0.25, 0.3) is 0 Å². The maximum Gasteiger partial charge on any atom is 0.0748 e. The van der Waals surface area contributed by atoms with Gasteiger partial charge < -0.3 is 4.74 Å². The minimum absolute atomic E-state index is 0.346.